The number of rotatable bonds is 6. The van der Waals surface area contributed by atoms with Crippen LogP contribution < -0.4 is 5.32 Å². The quantitative estimate of drug-likeness (QED) is 0.508. The van der Waals surface area contributed by atoms with Crippen LogP contribution in [0.3, 0.4) is 0 Å². The molecular formula is C22H22N4O3. The van der Waals surface area contributed by atoms with Crippen molar-refractivity contribution in [3.63, 3.8) is 0 Å². The van der Waals surface area contributed by atoms with Gasteiger partial charge >= 0.3 is 0 Å². The monoisotopic (exact) mass is 390 g/mol. The first kappa shape index (κ1) is 18.9. The molecule has 0 radical (unpaired) electrons. The van der Waals surface area contributed by atoms with E-state index in [9.17, 15) is 14.9 Å². The maximum absolute atomic E-state index is 12.7. The van der Waals surface area contributed by atoms with Gasteiger partial charge < -0.3 is 5.32 Å². The van der Waals surface area contributed by atoms with Crippen LogP contribution in [0.1, 0.15) is 41.7 Å². The first-order chi connectivity index (χ1) is 14.1. The zero-order valence-corrected chi connectivity index (χ0v) is 16.0. The molecule has 0 aliphatic heterocycles. The van der Waals surface area contributed by atoms with Crippen LogP contribution in [0, 0.1) is 10.1 Å². The number of carbonyl (C=O) groups is 1. The molecule has 7 heteroatoms. The van der Waals surface area contributed by atoms with Crippen LogP contribution in [-0.2, 0) is 5.41 Å². The Morgan fingerprint density at radius 3 is 2.41 bits per heavy atom. The van der Waals surface area contributed by atoms with E-state index in [0.29, 0.717) is 17.9 Å². The molecule has 29 heavy (non-hydrogen) atoms. The van der Waals surface area contributed by atoms with Gasteiger partial charge in [0.1, 0.15) is 0 Å². The highest BCUT2D eigenvalue weighted by atomic mass is 16.6. The van der Waals surface area contributed by atoms with E-state index in [1.165, 1.54) is 30.5 Å². The molecule has 1 saturated carbocycles. The van der Waals surface area contributed by atoms with Gasteiger partial charge in [0, 0.05) is 30.3 Å². The second-order valence-corrected chi connectivity index (χ2v) is 7.46. The van der Waals surface area contributed by atoms with E-state index in [-0.39, 0.29) is 17.0 Å². The van der Waals surface area contributed by atoms with Crippen LogP contribution in [-0.4, -0.2) is 27.2 Å². The molecule has 0 bridgehead atoms. The average Bonchev–Trinajstić information content (AvgIpc) is 3.44. The highest BCUT2D eigenvalue weighted by Gasteiger charge is 2.35. The van der Waals surface area contributed by atoms with Crippen molar-refractivity contribution in [1.82, 2.24) is 15.1 Å². The number of benzene rings is 2. The molecule has 7 nitrogen and oxygen atoms in total. The maximum Gasteiger partial charge on any atom is 0.271 e. The van der Waals surface area contributed by atoms with Crippen molar-refractivity contribution in [3.8, 4) is 5.69 Å². The van der Waals surface area contributed by atoms with Gasteiger partial charge in [-0.3, -0.25) is 14.9 Å². The van der Waals surface area contributed by atoms with Gasteiger partial charge in [0.05, 0.1) is 10.6 Å². The van der Waals surface area contributed by atoms with E-state index in [0.717, 1.165) is 12.8 Å². The third kappa shape index (κ3) is 3.89. The largest absolute Gasteiger partial charge is 0.350 e. The zero-order chi connectivity index (χ0) is 20.3. The minimum atomic E-state index is -0.447. The minimum absolute atomic E-state index is 0.0154. The Hall–Kier alpha value is -3.48. The Kier molecular flexibility index (Phi) is 5.12. The van der Waals surface area contributed by atoms with Crippen molar-refractivity contribution in [2.45, 2.75) is 31.1 Å². The third-order valence-corrected chi connectivity index (χ3v) is 5.68. The van der Waals surface area contributed by atoms with Crippen LogP contribution in [0.2, 0.25) is 0 Å². The maximum atomic E-state index is 12.7. The molecule has 0 saturated heterocycles. The fourth-order valence-electron chi connectivity index (χ4n) is 4.07. The summed E-state index contributed by atoms with van der Waals surface area (Å²) in [6, 6.07) is 18.1. The van der Waals surface area contributed by atoms with Gasteiger partial charge in [0.2, 0.25) is 0 Å². The van der Waals surface area contributed by atoms with Crippen LogP contribution >= 0.6 is 0 Å². The second-order valence-electron chi connectivity index (χ2n) is 7.46. The summed E-state index contributed by atoms with van der Waals surface area (Å²) in [6.45, 7) is 0.584. The van der Waals surface area contributed by atoms with Crippen molar-refractivity contribution in [3.05, 3.63) is 88.2 Å². The molecule has 1 aliphatic rings. The van der Waals surface area contributed by atoms with Gasteiger partial charge in [0.15, 0.2) is 5.69 Å². The van der Waals surface area contributed by atoms with E-state index in [2.05, 4.69) is 22.5 Å². The standard InChI is InChI=1S/C22H22N4O3/c27-21(23-16-22(13-4-5-14-22)17-6-2-1-3-7-17)20-12-15-25(24-20)18-8-10-19(11-9-18)26(28)29/h1-3,6-12,15H,4-5,13-14,16H2,(H,23,27). The highest BCUT2D eigenvalue weighted by molar-refractivity contribution is 5.92. The summed E-state index contributed by atoms with van der Waals surface area (Å²) in [5, 5.41) is 18.2. The average molecular weight is 390 g/mol. The first-order valence-electron chi connectivity index (χ1n) is 9.72. The Labute approximate surface area is 168 Å². The number of amides is 1. The number of nitro groups is 1. The Bertz CT molecular complexity index is 1010. The van der Waals surface area contributed by atoms with Crippen molar-refractivity contribution < 1.29 is 9.72 Å². The molecule has 1 heterocycles. The normalized spacial score (nSPS) is 15.2. The summed E-state index contributed by atoms with van der Waals surface area (Å²) >= 11 is 0. The summed E-state index contributed by atoms with van der Waals surface area (Å²) in [4.78, 5) is 23.0. The SMILES string of the molecule is O=C(NCC1(c2ccccc2)CCCC1)c1ccn(-c2ccc([N+](=O)[O-])cc2)n1. The second kappa shape index (κ2) is 7.87. The molecule has 2 aromatic carbocycles. The predicted octanol–water partition coefficient (Wildman–Crippen LogP) is 4.02. The Morgan fingerprint density at radius 2 is 1.76 bits per heavy atom. The molecule has 4 rings (SSSR count). The van der Waals surface area contributed by atoms with Crippen LogP contribution in [0.5, 0.6) is 0 Å². The molecule has 1 aromatic heterocycles. The van der Waals surface area contributed by atoms with Gasteiger partial charge in [0.25, 0.3) is 11.6 Å². The summed E-state index contributed by atoms with van der Waals surface area (Å²) in [7, 11) is 0. The molecule has 148 valence electrons. The van der Waals surface area contributed by atoms with E-state index in [1.54, 1.807) is 29.1 Å². The number of hydrogen-bond donors (Lipinski definition) is 1. The third-order valence-electron chi connectivity index (χ3n) is 5.68. The topological polar surface area (TPSA) is 90.1 Å². The van der Waals surface area contributed by atoms with Crippen molar-refractivity contribution in [1.29, 1.82) is 0 Å². The molecule has 0 unspecified atom stereocenters. The lowest BCUT2D eigenvalue weighted by molar-refractivity contribution is -0.384. The Morgan fingerprint density at radius 1 is 1.07 bits per heavy atom. The number of nitro benzene ring substituents is 1. The van der Waals surface area contributed by atoms with Crippen LogP contribution in [0.25, 0.3) is 5.69 Å². The van der Waals surface area contributed by atoms with Gasteiger partial charge in [-0.05, 0) is 36.6 Å². The zero-order valence-electron chi connectivity index (χ0n) is 16.0. The molecule has 0 spiro atoms. The van der Waals surface area contributed by atoms with Crippen LogP contribution in [0.15, 0.2) is 66.9 Å². The molecule has 1 N–H and O–H groups in total. The fourth-order valence-corrected chi connectivity index (χ4v) is 4.07. The smallest absolute Gasteiger partial charge is 0.271 e. The first-order valence-corrected chi connectivity index (χ1v) is 9.72. The molecule has 1 amide bonds. The van der Waals surface area contributed by atoms with E-state index in [4.69, 9.17) is 0 Å². The number of aromatic nitrogens is 2. The van der Waals surface area contributed by atoms with Gasteiger partial charge in [-0.25, -0.2) is 4.68 Å². The molecule has 1 aliphatic carbocycles. The molecule has 1 fully saturated rings. The lowest BCUT2D eigenvalue weighted by atomic mass is 9.79. The van der Waals surface area contributed by atoms with Gasteiger partial charge in [-0.15, -0.1) is 0 Å². The number of carbonyl (C=O) groups excluding carboxylic acids is 1. The lowest BCUT2D eigenvalue weighted by Crippen LogP contribution is -2.39. The number of non-ortho nitro benzene ring substituents is 1. The van der Waals surface area contributed by atoms with E-state index >= 15 is 0 Å². The predicted molar refractivity (Wildman–Crippen MR) is 109 cm³/mol. The van der Waals surface area contributed by atoms with Gasteiger partial charge in [-0.1, -0.05) is 43.2 Å². The number of nitrogens with one attached hydrogen (secondary N) is 1. The summed E-state index contributed by atoms with van der Waals surface area (Å²) in [5.41, 5.74) is 2.25. The number of hydrogen-bond acceptors (Lipinski definition) is 4. The molecule has 3 aromatic rings. The fraction of sp³-hybridized carbons (Fsp3) is 0.273. The molecular weight excluding hydrogens is 368 g/mol. The van der Waals surface area contributed by atoms with Crippen molar-refractivity contribution >= 4 is 11.6 Å². The Balaban J connectivity index is 1.46. The van der Waals surface area contributed by atoms with Crippen molar-refractivity contribution in [2.75, 3.05) is 6.54 Å². The van der Waals surface area contributed by atoms with Crippen LogP contribution in [0.4, 0.5) is 5.69 Å². The van der Waals surface area contributed by atoms with Crippen molar-refractivity contribution in [2.24, 2.45) is 0 Å². The molecule has 0 atom stereocenters. The summed E-state index contributed by atoms with van der Waals surface area (Å²) in [6.07, 6.45) is 6.14. The number of nitrogens with zero attached hydrogens (tertiary/aromatic N) is 3. The summed E-state index contributed by atoms with van der Waals surface area (Å²) in [5.74, 6) is -0.215. The van der Waals surface area contributed by atoms with E-state index < -0.39 is 4.92 Å². The van der Waals surface area contributed by atoms with Gasteiger partial charge in [-0.2, -0.15) is 5.10 Å². The lowest BCUT2D eigenvalue weighted by Gasteiger charge is -2.29. The van der Waals surface area contributed by atoms with E-state index in [1.807, 2.05) is 18.2 Å². The summed E-state index contributed by atoms with van der Waals surface area (Å²) < 4.78 is 1.54. The highest BCUT2D eigenvalue weighted by Crippen LogP contribution is 2.40. The minimum Gasteiger partial charge on any atom is -0.350 e.